The van der Waals surface area contributed by atoms with Crippen LogP contribution in [0.15, 0.2) is 63.8 Å². The maximum absolute atomic E-state index is 11.9. The Morgan fingerprint density at radius 1 is 0.950 bits per heavy atom. The van der Waals surface area contributed by atoms with E-state index in [1.165, 1.54) is 6.07 Å². The van der Waals surface area contributed by atoms with E-state index in [9.17, 15) is 9.90 Å². The summed E-state index contributed by atoms with van der Waals surface area (Å²) >= 11 is 0. The van der Waals surface area contributed by atoms with Crippen LogP contribution in [0.4, 0.5) is 0 Å². The number of fused-ring (bicyclic) bond motifs is 1. The second kappa shape index (κ2) is 5.05. The second-order valence-corrected chi connectivity index (χ2v) is 4.40. The van der Waals surface area contributed by atoms with Gasteiger partial charge in [0.2, 0.25) is 0 Å². The van der Waals surface area contributed by atoms with E-state index in [2.05, 4.69) is 0 Å². The van der Waals surface area contributed by atoms with E-state index in [0.717, 1.165) is 0 Å². The largest absolute Gasteiger partial charge is 0.507 e. The van der Waals surface area contributed by atoms with Crippen LogP contribution in [0.2, 0.25) is 0 Å². The van der Waals surface area contributed by atoms with Gasteiger partial charge in [-0.15, -0.1) is 0 Å². The molecule has 3 aromatic rings. The van der Waals surface area contributed by atoms with Gasteiger partial charge in [-0.25, -0.2) is 0 Å². The summed E-state index contributed by atoms with van der Waals surface area (Å²) in [7, 11) is 0. The fourth-order valence-electron chi connectivity index (χ4n) is 2.01. The maximum Gasteiger partial charge on any atom is 0.193 e. The molecule has 0 amide bonds. The Morgan fingerprint density at radius 2 is 1.70 bits per heavy atom. The molecule has 0 saturated heterocycles. The predicted octanol–water partition coefficient (Wildman–Crippen LogP) is 3.67. The molecule has 1 heterocycles. The molecule has 0 fully saturated rings. The summed E-state index contributed by atoms with van der Waals surface area (Å²) in [6, 6.07) is 15.5. The minimum atomic E-state index is -0.0798. The highest BCUT2D eigenvalue weighted by Gasteiger charge is 2.02. The highest BCUT2D eigenvalue weighted by molar-refractivity contribution is 5.78. The van der Waals surface area contributed by atoms with E-state index < -0.39 is 0 Å². The molecule has 3 heteroatoms. The monoisotopic (exact) mass is 264 g/mol. The maximum atomic E-state index is 11.9. The summed E-state index contributed by atoms with van der Waals surface area (Å²) < 4.78 is 5.64. The van der Waals surface area contributed by atoms with Gasteiger partial charge in [-0.2, -0.15) is 0 Å². The molecule has 3 rings (SSSR count). The van der Waals surface area contributed by atoms with Crippen LogP contribution in [0, 0.1) is 0 Å². The number of hydrogen-bond acceptors (Lipinski definition) is 3. The lowest BCUT2D eigenvalue weighted by Gasteiger charge is -1.99. The Bertz CT molecular complexity index is 844. The number of aromatic hydroxyl groups is 1. The molecule has 3 nitrogen and oxygen atoms in total. The number of benzene rings is 2. The molecule has 0 saturated carbocycles. The van der Waals surface area contributed by atoms with Crippen LogP contribution in [-0.4, -0.2) is 5.11 Å². The van der Waals surface area contributed by atoms with E-state index in [0.29, 0.717) is 22.3 Å². The molecule has 0 spiro atoms. The number of rotatable bonds is 2. The molecule has 20 heavy (non-hydrogen) atoms. The van der Waals surface area contributed by atoms with Crippen molar-refractivity contribution < 1.29 is 9.52 Å². The van der Waals surface area contributed by atoms with E-state index in [4.69, 9.17) is 4.42 Å². The molecule has 2 aromatic carbocycles. The average Bonchev–Trinajstić information content (AvgIpc) is 2.46. The number of hydrogen-bond donors (Lipinski definition) is 1. The molecule has 1 aromatic heterocycles. The van der Waals surface area contributed by atoms with Crippen molar-refractivity contribution in [2.45, 2.75) is 0 Å². The van der Waals surface area contributed by atoms with Gasteiger partial charge in [0, 0.05) is 11.6 Å². The van der Waals surface area contributed by atoms with Crippen LogP contribution in [0.25, 0.3) is 23.1 Å². The lowest BCUT2D eigenvalue weighted by molar-refractivity contribution is 0.474. The number of phenols is 1. The zero-order valence-corrected chi connectivity index (χ0v) is 10.6. The summed E-state index contributed by atoms with van der Waals surface area (Å²) in [6.07, 6.45) is 3.38. The van der Waals surface area contributed by atoms with Gasteiger partial charge in [0.15, 0.2) is 5.43 Å². The summed E-state index contributed by atoms with van der Waals surface area (Å²) in [5, 5.41) is 10.2. The first-order chi connectivity index (χ1) is 9.74. The molecule has 98 valence electrons. The van der Waals surface area contributed by atoms with Gasteiger partial charge < -0.3 is 9.52 Å². The summed E-state index contributed by atoms with van der Waals surface area (Å²) in [5.41, 5.74) is 1.14. The molecule has 0 radical (unpaired) electrons. The third-order valence-electron chi connectivity index (χ3n) is 3.02. The first-order valence-corrected chi connectivity index (χ1v) is 6.23. The van der Waals surface area contributed by atoms with Crippen LogP contribution < -0.4 is 5.43 Å². The molecule has 0 aliphatic carbocycles. The van der Waals surface area contributed by atoms with Crippen LogP contribution >= 0.6 is 0 Å². The smallest absolute Gasteiger partial charge is 0.193 e. The van der Waals surface area contributed by atoms with Crippen molar-refractivity contribution in [3.05, 3.63) is 76.1 Å². The lowest BCUT2D eigenvalue weighted by atomic mass is 10.1. The molecule has 0 aliphatic rings. The van der Waals surface area contributed by atoms with Crippen molar-refractivity contribution in [3.8, 4) is 5.75 Å². The fourth-order valence-corrected chi connectivity index (χ4v) is 2.01. The van der Waals surface area contributed by atoms with Crippen molar-refractivity contribution >= 4 is 23.1 Å². The van der Waals surface area contributed by atoms with Gasteiger partial charge in [0.1, 0.15) is 17.1 Å². The SMILES string of the molecule is O=c1cc(/C=C/c2ccccc2O)oc2ccccc12. The van der Waals surface area contributed by atoms with Crippen molar-refractivity contribution in [1.82, 2.24) is 0 Å². The van der Waals surface area contributed by atoms with Gasteiger partial charge in [-0.1, -0.05) is 30.3 Å². The Balaban J connectivity index is 2.04. The predicted molar refractivity (Wildman–Crippen MR) is 79.5 cm³/mol. The Morgan fingerprint density at radius 3 is 2.55 bits per heavy atom. The van der Waals surface area contributed by atoms with E-state index in [1.807, 2.05) is 12.1 Å². The standard InChI is InChI=1S/C17H12O3/c18-15-7-3-1-5-12(15)9-10-13-11-16(19)14-6-2-4-8-17(14)20-13/h1-11,18H/b10-9+. The molecule has 1 N–H and O–H groups in total. The van der Waals surface area contributed by atoms with Gasteiger partial charge in [-0.05, 0) is 30.4 Å². The van der Waals surface area contributed by atoms with Crippen LogP contribution in [0.5, 0.6) is 5.75 Å². The van der Waals surface area contributed by atoms with Crippen molar-refractivity contribution in [2.24, 2.45) is 0 Å². The van der Waals surface area contributed by atoms with E-state index >= 15 is 0 Å². The Kier molecular flexibility index (Phi) is 3.09. The first kappa shape index (κ1) is 12.2. The third kappa shape index (κ3) is 2.34. The van der Waals surface area contributed by atoms with E-state index in [1.54, 1.807) is 48.6 Å². The molecular formula is C17H12O3. The van der Waals surface area contributed by atoms with E-state index in [-0.39, 0.29) is 11.2 Å². The molecule has 0 unspecified atom stereocenters. The zero-order chi connectivity index (χ0) is 13.9. The summed E-state index contributed by atoms with van der Waals surface area (Å²) in [4.78, 5) is 11.9. The first-order valence-electron chi connectivity index (χ1n) is 6.23. The Hall–Kier alpha value is -2.81. The lowest BCUT2D eigenvalue weighted by Crippen LogP contribution is -1.99. The van der Waals surface area contributed by atoms with Crippen LogP contribution in [-0.2, 0) is 0 Å². The minimum absolute atomic E-state index is 0.0798. The second-order valence-electron chi connectivity index (χ2n) is 4.40. The summed E-state index contributed by atoms with van der Waals surface area (Å²) in [6.45, 7) is 0. The minimum Gasteiger partial charge on any atom is -0.507 e. The number of phenolic OH excluding ortho intramolecular Hbond substituents is 1. The van der Waals surface area contributed by atoms with Crippen LogP contribution in [0.3, 0.4) is 0 Å². The van der Waals surface area contributed by atoms with Crippen molar-refractivity contribution in [1.29, 1.82) is 0 Å². The third-order valence-corrected chi connectivity index (χ3v) is 3.02. The molecule has 0 bridgehead atoms. The molecule has 0 aliphatic heterocycles. The fraction of sp³-hybridized carbons (Fsp3) is 0. The highest BCUT2D eigenvalue weighted by atomic mass is 16.3. The zero-order valence-electron chi connectivity index (χ0n) is 10.6. The van der Waals surface area contributed by atoms with Gasteiger partial charge in [0.05, 0.1) is 5.39 Å². The molecule has 0 atom stereocenters. The Labute approximate surface area is 115 Å². The quantitative estimate of drug-likeness (QED) is 0.768. The van der Waals surface area contributed by atoms with Gasteiger partial charge in [0.25, 0.3) is 0 Å². The normalized spacial score (nSPS) is 11.2. The van der Waals surface area contributed by atoms with Crippen molar-refractivity contribution in [2.75, 3.05) is 0 Å². The van der Waals surface area contributed by atoms with Crippen LogP contribution in [0.1, 0.15) is 11.3 Å². The number of para-hydroxylation sites is 2. The molecular weight excluding hydrogens is 252 g/mol. The average molecular weight is 264 g/mol. The summed E-state index contributed by atoms with van der Waals surface area (Å²) in [5.74, 6) is 0.642. The topological polar surface area (TPSA) is 50.4 Å². The highest BCUT2D eigenvalue weighted by Crippen LogP contribution is 2.19. The van der Waals surface area contributed by atoms with Gasteiger partial charge >= 0.3 is 0 Å². The van der Waals surface area contributed by atoms with Gasteiger partial charge in [-0.3, -0.25) is 4.79 Å². The van der Waals surface area contributed by atoms with Crippen molar-refractivity contribution in [3.63, 3.8) is 0 Å².